The number of anilines is 1. The molecule has 0 amide bonds. The third-order valence-corrected chi connectivity index (χ3v) is 7.31. The van der Waals surface area contributed by atoms with E-state index in [-0.39, 0.29) is 90.4 Å². The van der Waals surface area contributed by atoms with Gasteiger partial charge in [-0.15, -0.1) is 0 Å². The smallest absolute Gasteiger partial charge is 0.238 e. The van der Waals surface area contributed by atoms with E-state index in [0.29, 0.717) is 37.6 Å². The van der Waals surface area contributed by atoms with Crippen LogP contribution in [0.2, 0.25) is 0 Å². The number of aromatic hydroxyl groups is 1. The second-order valence-electron chi connectivity index (χ2n) is 10.5. The average molecular weight is 677 g/mol. The van der Waals surface area contributed by atoms with Crippen molar-refractivity contribution in [1.29, 1.82) is 0 Å². The maximum Gasteiger partial charge on any atom is 0.238 e. The molecular formula is C33H44N2O13. The summed E-state index contributed by atoms with van der Waals surface area (Å²) in [5, 5.41) is 58.0. The maximum atomic E-state index is 13.3. The molecule has 48 heavy (non-hydrogen) atoms. The average Bonchev–Trinajstić information content (AvgIpc) is 3.29. The lowest BCUT2D eigenvalue weighted by Gasteiger charge is -2.27. The van der Waals surface area contributed by atoms with Gasteiger partial charge in [-0.2, -0.15) is 0 Å². The zero-order valence-electron chi connectivity index (χ0n) is 26.7. The van der Waals surface area contributed by atoms with E-state index in [4.69, 9.17) is 39.4 Å². The number of phenols is 1. The molecule has 2 aliphatic rings. The summed E-state index contributed by atoms with van der Waals surface area (Å²) in [5.41, 5.74) is -0.211. The molecule has 0 bridgehead atoms. The van der Waals surface area contributed by atoms with Gasteiger partial charge < -0.3 is 59.4 Å². The normalized spacial score (nSPS) is 16.3. The molecule has 0 aromatic heterocycles. The summed E-state index contributed by atoms with van der Waals surface area (Å²) >= 11 is 0. The number of Topliss-reactive ketones (excluding diaryl/α,β-unsaturated/α-hetero) is 2. The summed E-state index contributed by atoms with van der Waals surface area (Å²) in [6.07, 6.45) is 4.16. The number of aliphatic hydroxyl groups is 5. The van der Waals surface area contributed by atoms with Crippen molar-refractivity contribution in [3.63, 3.8) is 0 Å². The summed E-state index contributed by atoms with van der Waals surface area (Å²) in [4.78, 5) is 43.2. The molecule has 0 saturated carbocycles. The SMILES string of the molecule is O=C1C=C(N(CCOCCO)CCOCCO)C=CC1=C1C(=O)C(=O)C(c2ccc(N(CCOCCO)CCOCCO)cc2O)=C1O. The van der Waals surface area contributed by atoms with E-state index in [1.165, 1.54) is 24.3 Å². The van der Waals surface area contributed by atoms with Crippen molar-refractivity contribution in [3.8, 4) is 5.75 Å². The van der Waals surface area contributed by atoms with Crippen LogP contribution in [0.3, 0.4) is 0 Å². The number of benzene rings is 1. The minimum absolute atomic E-state index is 0.0985. The van der Waals surface area contributed by atoms with Crippen LogP contribution in [-0.4, -0.2) is 158 Å². The van der Waals surface area contributed by atoms with Gasteiger partial charge in [-0.3, -0.25) is 14.4 Å². The molecule has 3 rings (SSSR count). The predicted octanol–water partition coefficient (Wildman–Crippen LogP) is -0.723. The van der Waals surface area contributed by atoms with Crippen LogP contribution >= 0.6 is 0 Å². The van der Waals surface area contributed by atoms with Gasteiger partial charge in [0, 0.05) is 60.8 Å². The number of aliphatic hydroxyl groups excluding tert-OH is 5. The molecule has 264 valence electrons. The monoisotopic (exact) mass is 676 g/mol. The van der Waals surface area contributed by atoms with Crippen molar-refractivity contribution in [1.82, 2.24) is 4.90 Å². The Bertz CT molecular complexity index is 1360. The van der Waals surface area contributed by atoms with Crippen LogP contribution in [-0.2, 0) is 33.3 Å². The maximum absolute atomic E-state index is 13.3. The lowest BCUT2D eigenvalue weighted by Crippen LogP contribution is -2.32. The van der Waals surface area contributed by atoms with Crippen molar-refractivity contribution in [2.45, 2.75) is 0 Å². The van der Waals surface area contributed by atoms with Crippen LogP contribution in [0.15, 0.2) is 59.0 Å². The first kappa shape index (κ1) is 38.5. The van der Waals surface area contributed by atoms with Crippen LogP contribution < -0.4 is 4.90 Å². The Labute approximate surface area is 278 Å². The summed E-state index contributed by atoms with van der Waals surface area (Å²) in [6, 6.07) is 4.33. The highest BCUT2D eigenvalue weighted by molar-refractivity contribution is 6.63. The highest BCUT2D eigenvalue weighted by Crippen LogP contribution is 2.39. The summed E-state index contributed by atoms with van der Waals surface area (Å²) in [5.74, 6) is -3.92. The van der Waals surface area contributed by atoms with Gasteiger partial charge in [-0.05, 0) is 24.3 Å². The third-order valence-electron chi connectivity index (χ3n) is 7.31. The standard InChI is InChI=1S/C33H44N2O13/c36-9-17-45-13-5-34(6-14-46-18-10-37)23-1-3-25(27(40)21-23)29-31(42)30(33(44)32(29)43)26-4-2-24(22-28(26)41)35(7-15-47-19-11-38)8-16-48-20-12-39/h1-4,21-22,36-40,42H,5-20H2. The minimum Gasteiger partial charge on any atom is -0.507 e. The van der Waals surface area contributed by atoms with Crippen LogP contribution in [0.5, 0.6) is 5.75 Å². The van der Waals surface area contributed by atoms with Gasteiger partial charge in [0.25, 0.3) is 0 Å². The molecular weight excluding hydrogens is 632 g/mol. The topological polar surface area (TPSA) is 216 Å². The quantitative estimate of drug-likeness (QED) is 0.0479. The van der Waals surface area contributed by atoms with Gasteiger partial charge >= 0.3 is 0 Å². The number of carbonyl (C=O) groups is 3. The Morgan fingerprint density at radius 3 is 1.52 bits per heavy atom. The molecule has 0 saturated heterocycles. The van der Waals surface area contributed by atoms with Gasteiger partial charge in [-0.1, -0.05) is 0 Å². The molecule has 0 aliphatic heterocycles. The lowest BCUT2D eigenvalue weighted by molar-refractivity contribution is -0.130. The van der Waals surface area contributed by atoms with E-state index in [0.717, 1.165) is 0 Å². The number of hydrogen-bond acceptors (Lipinski definition) is 15. The van der Waals surface area contributed by atoms with Crippen molar-refractivity contribution in [3.05, 3.63) is 64.6 Å². The van der Waals surface area contributed by atoms with E-state index >= 15 is 0 Å². The van der Waals surface area contributed by atoms with Gasteiger partial charge in [0.1, 0.15) is 11.5 Å². The fourth-order valence-corrected chi connectivity index (χ4v) is 5.01. The van der Waals surface area contributed by atoms with Crippen LogP contribution in [0.4, 0.5) is 5.69 Å². The lowest BCUT2D eigenvalue weighted by atomic mass is 9.96. The number of ether oxygens (including phenoxy) is 4. The fraction of sp³-hybridized carbons (Fsp3) is 0.485. The number of allylic oxidation sites excluding steroid dienone is 6. The zero-order chi connectivity index (χ0) is 34.9. The van der Waals surface area contributed by atoms with Crippen LogP contribution in [0.25, 0.3) is 5.57 Å². The molecule has 0 heterocycles. The van der Waals surface area contributed by atoms with Gasteiger partial charge in [-0.25, -0.2) is 0 Å². The van der Waals surface area contributed by atoms with E-state index in [9.17, 15) is 24.6 Å². The molecule has 6 N–H and O–H groups in total. The van der Waals surface area contributed by atoms with E-state index in [2.05, 4.69) is 0 Å². The molecule has 1 aromatic carbocycles. The molecule has 0 atom stereocenters. The molecule has 15 heteroatoms. The Kier molecular flexibility index (Phi) is 16.4. The first-order valence-corrected chi connectivity index (χ1v) is 15.6. The number of hydrogen-bond donors (Lipinski definition) is 6. The zero-order valence-corrected chi connectivity index (χ0v) is 26.7. The second-order valence-corrected chi connectivity index (χ2v) is 10.5. The van der Waals surface area contributed by atoms with Crippen molar-refractivity contribution >= 4 is 28.6 Å². The first-order valence-electron chi connectivity index (χ1n) is 15.6. The molecule has 2 aliphatic carbocycles. The van der Waals surface area contributed by atoms with Crippen molar-refractivity contribution in [2.75, 3.05) is 110 Å². The molecule has 0 fully saturated rings. The summed E-state index contributed by atoms with van der Waals surface area (Å²) < 4.78 is 21.4. The Balaban J connectivity index is 1.87. The van der Waals surface area contributed by atoms with E-state index in [1.807, 2.05) is 4.90 Å². The number of carbonyl (C=O) groups excluding carboxylic acids is 3. The summed E-state index contributed by atoms with van der Waals surface area (Å²) in [7, 11) is 0. The largest absolute Gasteiger partial charge is 0.507 e. The highest BCUT2D eigenvalue weighted by Gasteiger charge is 2.41. The molecule has 0 radical (unpaired) electrons. The van der Waals surface area contributed by atoms with Crippen LogP contribution in [0.1, 0.15) is 5.56 Å². The molecule has 0 unspecified atom stereocenters. The van der Waals surface area contributed by atoms with E-state index < -0.39 is 40.0 Å². The number of nitrogens with zero attached hydrogens (tertiary/aromatic N) is 2. The third kappa shape index (κ3) is 10.5. The molecule has 0 spiro atoms. The van der Waals surface area contributed by atoms with Gasteiger partial charge in [0.2, 0.25) is 11.6 Å². The molecule has 1 aromatic rings. The van der Waals surface area contributed by atoms with Gasteiger partial charge in [0.15, 0.2) is 5.78 Å². The molecule has 15 nitrogen and oxygen atoms in total. The first-order chi connectivity index (χ1) is 23.3. The van der Waals surface area contributed by atoms with Crippen molar-refractivity contribution < 1.29 is 64.0 Å². The van der Waals surface area contributed by atoms with Gasteiger partial charge in [0.05, 0.1) is 90.4 Å². The van der Waals surface area contributed by atoms with Crippen LogP contribution in [0, 0.1) is 0 Å². The van der Waals surface area contributed by atoms with Crippen molar-refractivity contribution in [2.24, 2.45) is 0 Å². The highest BCUT2D eigenvalue weighted by atomic mass is 16.5. The number of ketones is 3. The Morgan fingerprint density at radius 1 is 0.583 bits per heavy atom. The summed E-state index contributed by atoms with van der Waals surface area (Å²) in [6.45, 7) is 2.37. The minimum atomic E-state index is -1.09. The fourth-order valence-electron chi connectivity index (χ4n) is 5.01. The number of rotatable bonds is 23. The Hall–Kier alpha value is -3.93. The van der Waals surface area contributed by atoms with E-state index in [1.54, 1.807) is 17.0 Å². The second kappa shape index (κ2) is 20.4. The number of phenolic OH excluding ortho intramolecular Hbond substituents is 1. The Morgan fingerprint density at radius 2 is 1.06 bits per heavy atom. The predicted molar refractivity (Wildman–Crippen MR) is 172 cm³/mol.